The molecule has 4 aliphatic rings. The van der Waals surface area contributed by atoms with E-state index in [-0.39, 0.29) is 0 Å². The molecule has 6 rings (SSSR count). The van der Waals surface area contributed by atoms with Crippen molar-refractivity contribution in [2.75, 3.05) is 0 Å². The average Bonchev–Trinajstić information content (AvgIpc) is 3.24. The molecule has 8 heteroatoms. The maximum atomic E-state index is 16.6. The van der Waals surface area contributed by atoms with Crippen molar-refractivity contribution in [2.24, 2.45) is 0 Å². The van der Waals surface area contributed by atoms with Gasteiger partial charge in [0.2, 0.25) is 0 Å². The highest BCUT2D eigenvalue weighted by atomic mass is 127. The highest BCUT2D eigenvalue weighted by Gasteiger charge is 2.58. The van der Waals surface area contributed by atoms with Gasteiger partial charge in [-0.3, -0.25) is 0 Å². The van der Waals surface area contributed by atoms with Crippen LogP contribution in [0.3, 0.4) is 0 Å². The topological polar surface area (TPSA) is 7.94 Å². The zero-order valence-corrected chi connectivity index (χ0v) is 24.6. The second-order valence-electron chi connectivity index (χ2n) is 9.73. The maximum absolute atomic E-state index is 16.6. The Labute approximate surface area is 229 Å². The van der Waals surface area contributed by atoms with Gasteiger partial charge in [-0.05, 0) is 128 Å². The molecule has 0 saturated heterocycles. The number of rotatable bonds is 1. The van der Waals surface area contributed by atoms with Gasteiger partial charge in [0.15, 0.2) is 9.42 Å². The summed E-state index contributed by atoms with van der Waals surface area (Å²) in [7, 11) is 0. The molecule has 2 aromatic rings. The van der Waals surface area contributed by atoms with Gasteiger partial charge in [0.25, 0.3) is 0 Å². The highest BCUT2D eigenvalue weighted by molar-refractivity contribution is 14.1. The van der Waals surface area contributed by atoms with E-state index in [1.54, 1.807) is 0 Å². The van der Waals surface area contributed by atoms with Crippen molar-refractivity contribution in [1.82, 2.24) is 4.48 Å². The van der Waals surface area contributed by atoms with E-state index in [1.165, 1.54) is 8.96 Å². The lowest BCUT2D eigenvalue weighted by molar-refractivity contribution is -0.359. The Bertz CT molecular complexity index is 1330. The van der Waals surface area contributed by atoms with Crippen LogP contribution in [0.5, 0.6) is 0 Å². The van der Waals surface area contributed by atoms with Gasteiger partial charge in [-0.15, -0.1) is 0 Å². The van der Waals surface area contributed by atoms with Gasteiger partial charge in [-0.1, -0.05) is 15.9 Å². The first-order valence-electron chi connectivity index (χ1n) is 11.7. The van der Waals surface area contributed by atoms with Crippen molar-refractivity contribution in [1.29, 1.82) is 0 Å². The summed E-state index contributed by atoms with van der Waals surface area (Å²) >= 11 is 8.04. The van der Waals surface area contributed by atoms with Gasteiger partial charge >= 0.3 is 6.97 Å². The molecule has 0 radical (unpaired) electrons. The Kier molecular flexibility index (Phi) is 5.57. The summed E-state index contributed by atoms with van der Waals surface area (Å²) in [6.07, 6.45) is 7.87. The third-order valence-electron chi connectivity index (χ3n) is 7.75. The van der Waals surface area contributed by atoms with E-state index in [0.29, 0.717) is 0 Å². The number of aromatic nitrogens is 1. The van der Waals surface area contributed by atoms with Crippen LogP contribution in [0.1, 0.15) is 72.0 Å². The number of allylic oxidation sites excluding steroid dienone is 2. The Morgan fingerprint density at radius 3 is 2.15 bits per heavy atom. The smallest absolute Gasteiger partial charge is 0.389 e. The molecular weight excluding hydrogens is 711 g/mol. The molecule has 33 heavy (non-hydrogen) atoms. The van der Waals surface area contributed by atoms with Crippen molar-refractivity contribution >= 4 is 77.4 Å². The maximum Gasteiger partial charge on any atom is 0.738 e. The third-order valence-corrected chi connectivity index (χ3v) is 10.6. The molecule has 0 N–H and O–H groups in total. The second-order valence-corrected chi connectivity index (χ2v) is 12.7. The zero-order chi connectivity index (χ0) is 23.2. The normalized spacial score (nSPS) is 21.3. The molecule has 2 nitrogen and oxygen atoms in total. The molecule has 0 bridgehead atoms. The summed E-state index contributed by atoms with van der Waals surface area (Å²) in [6, 6.07) is 4.26. The Hall–Kier alpha value is -0.485. The molecule has 2 aliphatic heterocycles. The van der Waals surface area contributed by atoms with E-state index < -0.39 is 6.97 Å². The number of hydrogen-bond donors (Lipinski definition) is 0. The number of nitrogens with zero attached hydrogens (tertiary/aromatic N) is 2. The predicted octanol–water partition coefficient (Wildman–Crippen LogP) is 8.08. The predicted molar refractivity (Wildman–Crippen MR) is 152 cm³/mol. The first kappa shape index (κ1) is 22.9. The first-order valence-corrected chi connectivity index (χ1v) is 14.7. The van der Waals surface area contributed by atoms with Crippen LogP contribution >= 0.6 is 61.1 Å². The summed E-state index contributed by atoms with van der Waals surface area (Å²) in [4.78, 5) is 0. The number of halogens is 5. The number of hydrogen-bond acceptors (Lipinski definition) is 0. The first-order chi connectivity index (χ1) is 15.7. The average molecular weight is 735 g/mol. The quantitative estimate of drug-likeness (QED) is 0.207. The van der Waals surface area contributed by atoms with Crippen molar-refractivity contribution < 1.29 is 13.1 Å². The van der Waals surface area contributed by atoms with E-state index in [0.717, 1.165) is 119 Å². The number of fused-ring (bicyclic) bond motifs is 5. The van der Waals surface area contributed by atoms with Crippen molar-refractivity contribution in [3.8, 4) is 0 Å². The van der Waals surface area contributed by atoms with E-state index in [4.69, 9.17) is 0 Å². The van der Waals surface area contributed by atoms with Gasteiger partial charge in [0, 0.05) is 43.9 Å². The third kappa shape index (κ3) is 3.14. The minimum Gasteiger partial charge on any atom is -0.389 e. The lowest BCUT2D eigenvalue weighted by Gasteiger charge is -2.34. The molecule has 0 saturated carbocycles. The molecule has 0 unspecified atom stereocenters. The van der Waals surface area contributed by atoms with E-state index in [1.807, 2.05) is 0 Å². The van der Waals surface area contributed by atoms with Crippen molar-refractivity contribution in [2.45, 2.75) is 65.2 Å². The Morgan fingerprint density at radius 2 is 1.48 bits per heavy atom. The molecular formula is C25H24BBrF2I2N2. The summed E-state index contributed by atoms with van der Waals surface area (Å²) in [5, 5.41) is 0. The van der Waals surface area contributed by atoms with E-state index >= 15 is 8.63 Å². The fraction of sp³-hybridized carbons (Fsp3) is 0.400. The van der Waals surface area contributed by atoms with Crippen LogP contribution in [0.4, 0.5) is 8.63 Å². The van der Waals surface area contributed by atoms with Crippen LogP contribution in [0.25, 0.3) is 5.57 Å². The number of aryl methyl sites for hydroxylation is 2. The SMILES string of the molecule is Cc1cc(Br)cc(C)c1C1=C2C3=C(CCCC3)C(I)=[N+]2[B-](F)(F)n2c(I)c3c(c21)CCCC3. The molecule has 0 spiro atoms. The highest BCUT2D eigenvalue weighted by Crippen LogP contribution is 2.52. The molecule has 2 aliphatic carbocycles. The molecule has 1 aromatic heterocycles. The fourth-order valence-corrected chi connectivity index (χ4v) is 9.49. The standard InChI is InChI=1S/C25H24BBrF2I2N2/c1-13-11-15(27)12-14(2)20(13)21-22-16-7-3-5-9-18(16)24(30)32(22)26(28,29)33-23(21)17-8-4-6-10-19(17)25(33)31/h11-12H,3-10H2,1-2H3. The molecule has 0 amide bonds. The van der Waals surface area contributed by atoms with Crippen LogP contribution < -0.4 is 0 Å². The lowest BCUT2D eigenvalue weighted by Crippen LogP contribution is -2.51. The van der Waals surface area contributed by atoms with Crippen LogP contribution in [0.15, 0.2) is 33.4 Å². The van der Waals surface area contributed by atoms with E-state index in [2.05, 4.69) is 87.1 Å². The summed E-state index contributed by atoms with van der Waals surface area (Å²) < 4.78 is 38.6. The fourth-order valence-electron chi connectivity index (χ4n) is 6.46. The van der Waals surface area contributed by atoms with Crippen LogP contribution in [-0.2, 0) is 12.8 Å². The van der Waals surface area contributed by atoms with Gasteiger partial charge < -0.3 is 17.6 Å². The molecule has 1 aromatic carbocycles. The van der Waals surface area contributed by atoms with Crippen LogP contribution in [-0.4, -0.2) is 19.7 Å². The largest absolute Gasteiger partial charge is 0.738 e. The minimum atomic E-state index is -3.96. The molecule has 172 valence electrons. The molecule has 3 heterocycles. The minimum absolute atomic E-state index is 0.736. The summed E-state index contributed by atoms with van der Waals surface area (Å²) in [5.41, 5.74) is 10.6. The van der Waals surface area contributed by atoms with Crippen molar-refractivity contribution in [3.63, 3.8) is 0 Å². The van der Waals surface area contributed by atoms with Crippen LogP contribution in [0, 0.1) is 17.5 Å². The van der Waals surface area contributed by atoms with Crippen molar-refractivity contribution in [3.05, 3.63) is 70.7 Å². The summed E-state index contributed by atoms with van der Waals surface area (Å²) in [5.74, 6) is 0. The molecule has 0 atom stereocenters. The Morgan fingerprint density at radius 1 is 0.909 bits per heavy atom. The van der Waals surface area contributed by atoms with Gasteiger partial charge in [0.05, 0.1) is 9.27 Å². The summed E-state index contributed by atoms with van der Waals surface area (Å²) in [6.45, 7) is 0.279. The van der Waals surface area contributed by atoms with Gasteiger partial charge in [-0.25, -0.2) is 0 Å². The van der Waals surface area contributed by atoms with Gasteiger partial charge in [-0.2, -0.15) is 0 Å². The zero-order valence-electron chi connectivity index (χ0n) is 18.7. The lowest BCUT2D eigenvalue weighted by atomic mass is 9.79. The van der Waals surface area contributed by atoms with E-state index in [9.17, 15) is 0 Å². The monoisotopic (exact) mass is 734 g/mol. The van der Waals surface area contributed by atoms with Crippen LogP contribution in [0.2, 0.25) is 0 Å². The van der Waals surface area contributed by atoms with Gasteiger partial charge in [0.1, 0.15) is 0 Å². The molecule has 0 fully saturated rings. The second kappa shape index (κ2) is 8.01. The number of benzene rings is 1. The Balaban J connectivity index is 1.82.